The van der Waals surface area contributed by atoms with Crippen LogP contribution < -0.4 is 5.32 Å². The molecule has 0 saturated carbocycles. The lowest BCUT2D eigenvalue weighted by Gasteiger charge is -2.34. The van der Waals surface area contributed by atoms with Crippen LogP contribution in [0.5, 0.6) is 0 Å². The standard InChI is InChI=1S/C30H28ClF3N8O2/c1-17-4-3-5-25(22-12-19(8-10-35-22)28-23(37-29(17)44)15-36-40(28)2)41-11-9-18(13-27(41)43)21-14-20(31)6-7-24(21)42-16-26(38-39-42)30(32,33)34/h6-8,10,12-17,25H,3-5,9,11H2,1-2H3,(H,37,44)/t17-,25+/m1/s1. The Morgan fingerprint density at radius 3 is 2.68 bits per heavy atom. The fraction of sp³-hybridized carbons (Fsp3) is 0.333. The summed E-state index contributed by atoms with van der Waals surface area (Å²) in [6.07, 6.45) is 3.26. The molecule has 44 heavy (non-hydrogen) atoms. The van der Waals surface area contributed by atoms with Gasteiger partial charge in [0, 0.05) is 47.9 Å². The van der Waals surface area contributed by atoms with Crippen LogP contribution in [0.1, 0.15) is 55.6 Å². The molecule has 2 aliphatic heterocycles. The Bertz CT molecular complexity index is 1780. The average Bonchev–Trinajstić information content (AvgIpc) is 3.62. The van der Waals surface area contributed by atoms with E-state index in [-0.39, 0.29) is 23.8 Å². The molecule has 2 bridgehead atoms. The lowest BCUT2D eigenvalue weighted by molar-refractivity contribution is -0.141. The molecule has 0 saturated heterocycles. The van der Waals surface area contributed by atoms with Gasteiger partial charge >= 0.3 is 6.18 Å². The number of amides is 2. The van der Waals surface area contributed by atoms with Crippen molar-refractivity contribution in [3.8, 4) is 16.9 Å². The number of anilines is 1. The number of carbonyl (C=O) groups is 2. The third-order valence-corrected chi connectivity index (χ3v) is 8.30. The molecule has 0 spiro atoms. The number of aromatic nitrogens is 6. The maximum atomic E-state index is 13.8. The van der Waals surface area contributed by atoms with Gasteiger partial charge in [0.2, 0.25) is 11.8 Å². The van der Waals surface area contributed by atoms with Crippen LogP contribution >= 0.6 is 11.6 Å². The maximum Gasteiger partial charge on any atom is 0.436 e. The number of benzene rings is 1. The molecule has 5 heterocycles. The number of nitrogens with zero attached hydrogens (tertiary/aromatic N) is 7. The molecule has 0 unspecified atom stereocenters. The molecule has 0 aliphatic carbocycles. The molecule has 0 fully saturated rings. The van der Waals surface area contributed by atoms with Gasteiger partial charge in [-0.25, -0.2) is 4.68 Å². The quantitative estimate of drug-likeness (QED) is 0.306. The van der Waals surface area contributed by atoms with Crippen LogP contribution in [0.25, 0.3) is 22.5 Å². The average molecular weight is 625 g/mol. The minimum atomic E-state index is -4.65. The predicted octanol–water partition coefficient (Wildman–Crippen LogP) is 5.85. The molecule has 3 aromatic heterocycles. The summed E-state index contributed by atoms with van der Waals surface area (Å²) in [6.45, 7) is 2.21. The molecule has 14 heteroatoms. The molecule has 10 nitrogen and oxygen atoms in total. The summed E-state index contributed by atoms with van der Waals surface area (Å²) in [4.78, 5) is 33.1. The van der Waals surface area contributed by atoms with Gasteiger partial charge in [0.15, 0.2) is 5.69 Å². The highest BCUT2D eigenvalue weighted by atomic mass is 35.5. The first-order chi connectivity index (χ1) is 21.0. The summed E-state index contributed by atoms with van der Waals surface area (Å²) >= 11 is 6.28. The minimum Gasteiger partial charge on any atom is -0.330 e. The topological polar surface area (TPSA) is 111 Å². The van der Waals surface area contributed by atoms with E-state index in [4.69, 9.17) is 11.6 Å². The van der Waals surface area contributed by atoms with Gasteiger partial charge in [0.05, 0.1) is 41.2 Å². The molecule has 2 aliphatic rings. The smallest absolute Gasteiger partial charge is 0.330 e. The fourth-order valence-electron chi connectivity index (χ4n) is 5.77. The summed E-state index contributed by atoms with van der Waals surface area (Å²) in [7, 11) is 1.80. The first kappa shape index (κ1) is 29.5. The van der Waals surface area contributed by atoms with Gasteiger partial charge in [0.25, 0.3) is 0 Å². The second-order valence-electron chi connectivity index (χ2n) is 11.0. The Balaban J connectivity index is 1.35. The Morgan fingerprint density at radius 1 is 1.11 bits per heavy atom. The molecule has 6 rings (SSSR count). The van der Waals surface area contributed by atoms with Crippen molar-refractivity contribution in [2.24, 2.45) is 13.0 Å². The van der Waals surface area contributed by atoms with Crippen molar-refractivity contribution < 1.29 is 22.8 Å². The van der Waals surface area contributed by atoms with Gasteiger partial charge in [-0.2, -0.15) is 18.3 Å². The van der Waals surface area contributed by atoms with Crippen molar-refractivity contribution in [2.75, 3.05) is 11.9 Å². The first-order valence-electron chi connectivity index (χ1n) is 14.1. The van der Waals surface area contributed by atoms with E-state index in [1.807, 2.05) is 19.1 Å². The van der Waals surface area contributed by atoms with Crippen LogP contribution in [0.15, 0.2) is 55.0 Å². The lowest BCUT2D eigenvalue weighted by atomic mass is 9.93. The van der Waals surface area contributed by atoms with Gasteiger partial charge in [-0.15, -0.1) is 5.10 Å². The normalized spacial score (nSPS) is 19.5. The monoisotopic (exact) mass is 624 g/mol. The van der Waals surface area contributed by atoms with E-state index >= 15 is 0 Å². The van der Waals surface area contributed by atoms with Crippen LogP contribution in [0.2, 0.25) is 5.02 Å². The van der Waals surface area contributed by atoms with Gasteiger partial charge in [-0.3, -0.25) is 19.3 Å². The Kier molecular flexibility index (Phi) is 7.74. The Hall–Kier alpha value is -4.52. The molecule has 1 N–H and O–H groups in total. The summed E-state index contributed by atoms with van der Waals surface area (Å²) in [5, 5.41) is 14.6. The SMILES string of the molecule is C[C@@H]1CCC[C@H](N2CCC(c3cc(Cl)ccc3-n3cc(C(F)(F)F)nn3)=CC2=O)c2cc(ccn2)-c2c(cnn2C)NC1=O. The molecule has 228 valence electrons. The number of carbonyl (C=O) groups excluding carboxylic acids is 2. The highest BCUT2D eigenvalue weighted by molar-refractivity contribution is 6.30. The lowest BCUT2D eigenvalue weighted by Crippen LogP contribution is -2.38. The molecule has 2 atom stereocenters. The van der Waals surface area contributed by atoms with Crippen LogP contribution in [0.3, 0.4) is 0 Å². The zero-order valence-electron chi connectivity index (χ0n) is 23.8. The number of nitrogens with one attached hydrogen (secondary N) is 1. The Labute approximate surface area is 255 Å². The Morgan fingerprint density at radius 2 is 1.93 bits per heavy atom. The molecule has 2 amide bonds. The minimum absolute atomic E-state index is 0.0978. The van der Waals surface area contributed by atoms with E-state index in [1.165, 1.54) is 6.08 Å². The largest absolute Gasteiger partial charge is 0.436 e. The number of aryl methyl sites for hydroxylation is 1. The van der Waals surface area contributed by atoms with E-state index in [0.717, 1.165) is 22.1 Å². The second-order valence-corrected chi connectivity index (χ2v) is 11.4. The molecule has 1 aromatic carbocycles. The van der Waals surface area contributed by atoms with Crippen molar-refractivity contribution in [3.63, 3.8) is 0 Å². The summed E-state index contributed by atoms with van der Waals surface area (Å²) in [5.74, 6) is -0.615. The van der Waals surface area contributed by atoms with Gasteiger partial charge in [0.1, 0.15) is 0 Å². The number of rotatable bonds is 3. The van der Waals surface area contributed by atoms with E-state index < -0.39 is 11.9 Å². The van der Waals surface area contributed by atoms with E-state index in [9.17, 15) is 22.8 Å². The van der Waals surface area contributed by atoms with Gasteiger partial charge in [-0.05, 0) is 55.2 Å². The van der Waals surface area contributed by atoms with Gasteiger partial charge in [-0.1, -0.05) is 30.2 Å². The number of alkyl halides is 3. The molecule has 0 radical (unpaired) electrons. The van der Waals surface area contributed by atoms with E-state index in [0.29, 0.717) is 65.5 Å². The molecular formula is C30H28ClF3N8O2. The van der Waals surface area contributed by atoms with Crippen LogP contribution in [-0.2, 0) is 22.8 Å². The number of hydrogen-bond donors (Lipinski definition) is 1. The summed E-state index contributed by atoms with van der Waals surface area (Å²) in [5.41, 5.74) is 3.16. The van der Waals surface area contributed by atoms with Crippen LogP contribution in [0, 0.1) is 5.92 Å². The summed E-state index contributed by atoms with van der Waals surface area (Å²) < 4.78 is 42.4. The van der Waals surface area contributed by atoms with Crippen LogP contribution in [0.4, 0.5) is 18.9 Å². The third kappa shape index (κ3) is 5.71. The van der Waals surface area contributed by atoms with Crippen molar-refractivity contribution in [2.45, 2.75) is 44.8 Å². The number of halogens is 4. The van der Waals surface area contributed by atoms with Crippen molar-refractivity contribution in [1.82, 2.24) is 34.7 Å². The fourth-order valence-corrected chi connectivity index (χ4v) is 5.94. The third-order valence-electron chi connectivity index (χ3n) is 8.07. The predicted molar refractivity (Wildman–Crippen MR) is 157 cm³/mol. The van der Waals surface area contributed by atoms with Crippen LogP contribution in [-0.4, -0.2) is 53.0 Å². The second kappa shape index (κ2) is 11.5. The summed E-state index contributed by atoms with van der Waals surface area (Å²) in [6, 6.07) is 8.11. The molecular weight excluding hydrogens is 597 g/mol. The highest BCUT2D eigenvalue weighted by Gasteiger charge is 2.35. The zero-order valence-corrected chi connectivity index (χ0v) is 24.6. The van der Waals surface area contributed by atoms with Crippen molar-refractivity contribution in [1.29, 1.82) is 0 Å². The zero-order chi connectivity index (χ0) is 31.2. The number of hydrogen-bond acceptors (Lipinski definition) is 6. The van der Waals surface area contributed by atoms with Crippen molar-refractivity contribution in [3.05, 3.63) is 77.0 Å². The van der Waals surface area contributed by atoms with Crippen molar-refractivity contribution >= 4 is 34.7 Å². The first-order valence-corrected chi connectivity index (χ1v) is 14.5. The highest BCUT2D eigenvalue weighted by Crippen LogP contribution is 2.37. The number of pyridine rings is 1. The maximum absolute atomic E-state index is 13.8. The van der Waals surface area contributed by atoms with E-state index in [2.05, 4.69) is 25.7 Å². The van der Waals surface area contributed by atoms with E-state index in [1.54, 1.807) is 47.2 Å². The van der Waals surface area contributed by atoms with Gasteiger partial charge < -0.3 is 10.2 Å². The number of fused-ring (bicyclic) bond motifs is 4. The molecule has 4 aromatic rings.